The second kappa shape index (κ2) is 12.2. The number of nitro groups is 1. The van der Waals surface area contributed by atoms with Crippen molar-refractivity contribution in [1.82, 2.24) is 0 Å². The summed E-state index contributed by atoms with van der Waals surface area (Å²) < 4.78 is 12.3. The van der Waals surface area contributed by atoms with Crippen molar-refractivity contribution < 1.29 is 19.2 Å². The summed E-state index contributed by atoms with van der Waals surface area (Å²) in [4.78, 5) is 23.3. The van der Waals surface area contributed by atoms with Gasteiger partial charge in [0, 0.05) is 22.7 Å². The molecule has 0 fully saturated rings. The maximum atomic E-state index is 12.8. The smallest absolute Gasteiger partial charge is 0.271 e. The van der Waals surface area contributed by atoms with E-state index in [0.717, 1.165) is 5.56 Å². The minimum absolute atomic E-state index is 0.170. The number of benzene rings is 3. The Morgan fingerprint density at radius 1 is 1.22 bits per heavy atom. The molecule has 36 heavy (non-hydrogen) atoms. The lowest BCUT2D eigenvalue weighted by molar-refractivity contribution is -0.384. The van der Waals surface area contributed by atoms with Gasteiger partial charge in [0.15, 0.2) is 11.5 Å². The molecule has 10 heteroatoms. The molecule has 0 unspecified atom stereocenters. The van der Waals surface area contributed by atoms with E-state index in [4.69, 9.17) is 21.1 Å². The summed E-state index contributed by atoms with van der Waals surface area (Å²) in [6, 6.07) is 16.7. The van der Waals surface area contributed by atoms with E-state index in [1.165, 1.54) is 24.3 Å². The van der Waals surface area contributed by atoms with E-state index < -0.39 is 10.8 Å². The molecule has 0 heterocycles. The average molecular weight is 571 g/mol. The highest BCUT2D eigenvalue weighted by Crippen LogP contribution is 2.38. The van der Waals surface area contributed by atoms with Gasteiger partial charge in [-0.3, -0.25) is 14.9 Å². The van der Waals surface area contributed by atoms with E-state index in [1.807, 2.05) is 31.2 Å². The third-order valence-corrected chi connectivity index (χ3v) is 5.98. The van der Waals surface area contributed by atoms with Crippen molar-refractivity contribution in [2.24, 2.45) is 0 Å². The number of anilines is 1. The van der Waals surface area contributed by atoms with Crippen molar-refractivity contribution in [1.29, 1.82) is 5.26 Å². The fraction of sp³-hybridized carbons (Fsp3) is 0.154. The lowest BCUT2D eigenvalue weighted by Crippen LogP contribution is -2.14. The third kappa shape index (κ3) is 6.62. The molecule has 0 aliphatic carbocycles. The predicted molar refractivity (Wildman–Crippen MR) is 141 cm³/mol. The zero-order valence-electron chi connectivity index (χ0n) is 19.4. The minimum Gasteiger partial charge on any atom is -0.490 e. The van der Waals surface area contributed by atoms with E-state index in [9.17, 15) is 20.2 Å². The molecule has 8 nitrogen and oxygen atoms in total. The van der Waals surface area contributed by atoms with Gasteiger partial charge in [-0.15, -0.1) is 0 Å². The van der Waals surface area contributed by atoms with Crippen LogP contribution in [0, 0.1) is 28.4 Å². The van der Waals surface area contributed by atoms with E-state index in [1.54, 1.807) is 25.1 Å². The lowest BCUT2D eigenvalue weighted by atomic mass is 10.1. The normalized spacial score (nSPS) is 10.9. The number of carbonyl (C=O) groups is 1. The molecule has 1 N–H and O–H groups in total. The number of nitro benzene ring substituents is 1. The van der Waals surface area contributed by atoms with Crippen LogP contribution in [0.15, 0.2) is 64.6 Å². The third-order valence-electron chi connectivity index (χ3n) is 5.02. The van der Waals surface area contributed by atoms with Crippen molar-refractivity contribution in [3.05, 3.63) is 96.5 Å². The van der Waals surface area contributed by atoms with Crippen molar-refractivity contribution in [3.63, 3.8) is 0 Å². The molecular weight excluding hydrogens is 550 g/mol. The zero-order chi connectivity index (χ0) is 26.2. The number of nitrogens with zero attached hydrogens (tertiary/aromatic N) is 2. The maximum absolute atomic E-state index is 12.8. The Morgan fingerprint density at radius 2 is 1.97 bits per heavy atom. The first kappa shape index (κ1) is 26.7. The summed E-state index contributed by atoms with van der Waals surface area (Å²) in [6.07, 6.45) is 1.40. The van der Waals surface area contributed by atoms with Crippen molar-refractivity contribution >= 4 is 50.9 Å². The number of hydrogen-bond acceptors (Lipinski definition) is 6. The molecular formula is C26H21BrClN3O5. The fourth-order valence-electron chi connectivity index (χ4n) is 3.20. The quantitative estimate of drug-likeness (QED) is 0.130. The fourth-order valence-corrected chi connectivity index (χ4v) is 3.97. The molecule has 184 valence electrons. The van der Waals surface area contributed by atoms with Gasteiger partial charge in [0.2, 0.25) is 0 Å². The van der Waals surface area contributed by atoms with E-state index in [0.29, 0.717) is 38.7 Å². The van der Waals surface area contributed by atoms with E-state index >= 15 is 0 Å². The molecule has 0 aliphatic rings. The number of rotatable bonds is 9. The second-order valence-corrected chi connectivity index (χ2v) is 8.78. The molecule has 3 aromatic rings. The van der Waals surface area contributed by atoms with Crippen LogP contribution < -0.4 is 14.8 Å². The van der Waals surface area contributed by atoms with E-state index in [-0.39, 0.29) is 23.6 Å². The number of amides is 1. The van der Waals surface area contributed by atoms with Crippen LogP contribution in [0.2, 0.25) is 5.02 Å². The Morgan fingerprint density at radius 3 is 2.64 bits per heavy atom. The summed E-state index contributed by atoms with van der Waals surface area (Å²) in [7, 11) is 0. The number of ether oxygens (including phenoxy) is 2. The van der Waals surface area contributed by atoms with E-state index in [2.05, 4.69) is 21.2 Å². The molecule has 0 radical (unpaired) electrons. The van der Waals surface area contributed by atoms with Gasteiger partial charge in [0.25, 0.3) is 11.6 Å². The van der Waals surface area contributed by atoms with Crippen LogP contribution in [0.5, 0.6) is 11.5 Å². The molecule has 0 saturated heterocycles. The second-order valence-electron chi connectivity index (χ2n) is 7.52. The Bertz CT molecular complexity index is 1380. The topological polar surface area (TPSA) is 114 Å². The van der Waals surface area contributed by atoms with Crippen LogP contribution in [0.3, 0.4) is 0 Å². The summed E-state index contributed by atoms with van der Waals surface area (Å²) >= 11 is 9.70. The number of aryl methyl sites for hydroxylation is 1. The van der Waals surface area contributed by atoms with Crippen LogP contribution >= 0.6 is 27.5 Å². The van der Waals surface area contributed by atoms with Gasteiger partial charge in [0.1, 0.15) is 18.2 Å². The van der Waals surface area contributed by atoms with Crippen LogP contribution in [0.25, 0.3) is 6.08 Å². The van der Waals surface area contributed by atoms with Crippen LogP contribution in [0.4, 0.5) is 11.4 Å². The number of non-ortho nitro benzene ring substituents is 1. The Balaban J connectivity index is 1.88. The first-order valence-corrected chi connectivity index (χ1v) is 11.9. The SMILES string of the molecule is CCOc1cc(/C=C(\C#N)C(=O)Nc2cc([N+](=O)[O-])ccc2C)cc(Br)c1OCc1ccccc1Cl. The summed E-state index contributed by atoms with van der Waals surface area (Å²) in [5.74, 6) is 0.163. The Hall–Kier alpha value is -3.87. The number of nitrogens with one attached hydrogen (secondary N) is 1. The largest absolute Gasteiger partial charge is 0.490 e. The molecule has 0 aliphatic heterocycles. The van der Waals surface area contributed by atoms with Gasteiger partial charge in [-0.05, 0) is 65.2 Å². The van der Waals surface area contributed by atoms with Gasteiger partial charge in [-0.25, -0.2) is 0 Å². The monoisotopic (exact) mass is 569 g/mol. The van der Waals surface area contributed by atoms with Crippen molar-refractivity contribution in [2.45, 2.75) is 20.5 Å². The number of hydrogen-bond donors (Lipinski definition) is 1. The number of carbonyl (C=O) groups excluding carboxylic acids is 1. The number of halogens is 2. The summed E-state index contributed by atoms with van der Waals surface area (Å²) in [5, 5.41) is 23.8. The average Bonchev–Trinajstić information content (AvgIpc) is 2.84. The highest BCUT2D eigenvalue weighted by molar-refractivity contribution is 9.10. The molecule has 0 aromatic heterocycles. The Labute approximate surface area is 221 Å². The molecule has 3 rings (SSSR count). The molecule has 1 amide bonds. The molecule has 0 spiro atoms. The number of nitriles is 1. The molecule has 3 aromatic carbocycles. The first-order valence-electron chi connectivity index (χ1n) is 10.7. The summed E-state index contributed by atoms with van der Waals surface area (Å²) in [5.41, 5.74) is 1.81. The predicted octanol–water partition coefficient (Wildman–Crippen LogP) is 6.84. The zero-order valence-corrected chi connectivity index (χ0v) is 21.7. The molecule has 0 saturated carbocycles. The van der Waals surface area contributed by atoms with Gasteiger partial charge in [-0.1, -0.05) is 35.9 Å². The molecule has 0 atom stereocenters. The van der Waals surface area contributed by atoms with Crippen LogP contribution in [-0.4, -0.2) is 17.4 Å². The van der Waals surface area contributed by atoms with Crippen molar-refractivity contribution in [2.75, 3.05) is 11.9 Å². The van der Waals surface area contributed by atoms with Crippen molar-refractivity contribution in [3.8, 4) is 17.6 Å². The highest BCUT2D eigenvalue weighted by Gasteiger charge is 2.17. The Kier molecular flexibility index (Phi) is 9.06. The highest BCUT2D eigenvalue weighted by atomic mass is 79.9. The first-order chi connectivity index (χ1) is 17.2. The standard InChI is InChI=1S/C26H21BrClN3O5/c1-3-35-24-12-17(11-21(27)25(24)36-15-18-6-4-5-7-22(18)28)10-19(14-29)26(32)30-23-13-20(31(33)34)9-8-16(23)2/h4-13H,3,15H2,1-2H3,(H,30,32)/b19-10+. The maximum Gasteiger partial charge on any atom is 0.271 e. The van der Waals surface area contributed by atoms with Gasteiger partial charge < -0.3 is 14.8 Å². The molecule has 0 bridgehead atoms. The summed E-state index contributed by atoms with van der Waals surface area (Å²) in [6.45, 7) is 4.09. The van der Waals surface area contributed by atoms with Gasteiger partial charge in [-0.2, -0.15) is 5.26 Å². The van der Waals surface area contributed by atoms with Crippen LogP contribution in [0.1, 0.15) is 23.6 Å². The van der Waals surface area contributed by atoms with Gasteiger partial charge >= 0.3 is 0 Å². The lowest BCUT2D eigenvalue weighted by Gasteiger charge is -2.15. The van der Waals surface area contributed by atoms with Gasteiger partial charge in [0.05, 0.1) is 21.7 Å². The van der Waals surface area contributed by atoms with Crippen LogP contribution in [-0.2, 0) is 11.4 Å². The minimum atomic E-state index is -0.700.